The third-order valence-electron chi connectivity index (χ3n) is 2.18. The second-order valence-corrected chi connectivity index (χ2v) is 5.51. The van der Waals surface area contributed by atoms with Crippen LogP contribution in [-0.4, -0.2) is 12.4 Å². The van der Waals surface area contributed by atoms with Crippen LogP contribution in [0.4, 0.5) is 0 Å². The van der Waals surface area contributed by atoms with Crippen LogP contribution in [0.5, 0.6) is 5.75 Å². The third-order valence-corrected chi connectivity index (χ3v) is 2.83. The molecule has 3 heteroatoms. The molecule has 0 N–H and O–H groups in total. The minimum Gasteiger partial charge on any atom is -0.494 e. The van der Waals surface area contributed by atoms with Gasteiger partial charge in [0.2, 0.25) is 0 Å². The summed E-state index contributed by atoms with van der Waals surface area (Å²) in [4.78, 5) is 12.1. The fourth-order valence-electron chi connectivity index (χ4n) is 1.34. The molecule has 0 bridgehead atoms. The van der Waals surface area contributed by atoms with Gasteiger partial charge in [0.15, 0.2) is 5.78 Å². The number of benzene rings is 1. The minimum atomic E-state index is -0.365. The first kappa shape index (κ1) is 13.2. The maximum atomic E-state index is 12.1. The molecular formula is C13H17BrO2. The number of hydrogen-bond donors (Lipinski definition) is 0. The number of carbonyl (C=O) groups is 1. The molecule has 0 fully saturated rings. The van der Waals surface area contributed by atoms with Crippen molar-refractivity contribution in [3.8, 4) is 5.75 Å². The van der Waals surface area contributed by atoms with Crippen molar-refractivity contribution in [2.24, 2.45) is 5.41 Å². The van der Waals surface area contributed by atoms with Crippen molar-refractivity contribution in [3.63, 3.8) is 0 Å². The summed E-state index contributed by atoms with van der Waals surface area (Å²) in [6.07, 6.45) is 0. The van der Waals surface area contributed by atoms with Crippen LogP contribution in [0.25, 0.3) is 0 Å². The van der Waals surface area contributed by atoms with Crippen LogP contribution < -0.4 is 4.74 Å². The van der Waals surface area contributed by atoms with E-state index >= 15 is 0 Å². The molecule has 0 heterocycles. The molecule has 0 saturated carbocycles. The number of ketones is 1. The van der Waals surface area contributed by atoms with E-state index in [9.17, 15) is 4.79 Å². The third kappa shape index (κ3) is 3.08. The lowest BCUT2D eigenvalue weighted by molar-refractivity contribution is 0.0857. The first-order chi connectivity index (χ1) is 7.36. The summed E-state index contributed by atoms with van der Waals surface area (Å²) in [7, 11) is 0. The Morgan fingerprint density at radius 3 is 2.44 bits per heavy atom. The maximum absolute atomic E-state index is 12.1. The molecular weight excluding hydrogens is 268 g/mol. The second-order valence-electron chi connectivity index (χ2n) is 4.65. The number of Topliss-reactive ketones (excluding diaryl/α,β-unsaturated/α-hetero) is 1. The summed E-state index contributed by atoms with van der Waals surface area (Å²) in [5, 5.41) is 0. The van der Waals surface area contributed by atoms with Crippen molar-refractivity contribution in [3.05, 3.63) is 28.2 Å². The number of hydrogen-bond acceptors (Lipinski definition) is 2. The van der Waals surface area contributed by atoms with Gasteiger partial charge in [0.05, 0.1) is 6.61 Å². The minimum absolute atomic E-state index is 0.127. The summed E-state index contributed by atoms with van der Waals surface area (Å²) in [6.45, 7) is 8.30. The van der Waals surface area contributed by atoms with Crippen LogP contribution >= 0.6 is 15.9 Å². The SMILES string of the molecule is CCOc1ccc(C(=O)C(C)(C)C)c(Br)c1. The summed E-state index contributed by atoms with van der Waals surface area (Å²) >= 11 is 3.41. The van der Waals surface area contributed by atoms with Gasteiger partial charge in [0, 0.05) is 15.5 Å². The lowest BCUT2D eigenvalue weighted by atomic mass is 9.86. The van der Waals surface area contributed by atoms with Gasteiger partial charge in [-0.2, -0.15) is 0 Å². The molecule has 2 nitrogen and oxygen atoms in total. The summed E-state index contributed by atoms with van der Waals surface area (Å²) in [5.74, 6) is 0.905. The van der Waals surface area contributed by atoms with Crippen molar-refractivity contribution in [2.75, 3.05) is 6.61 Å². The molecule has 0 unspecified atom stereocenters. The average molecular weight is 285 g/mol. The largest absolute Gasteiger partial charge is 0.494 e. The zero-order chi connectivity index (χ0) is 12.3. The monoisotopic (exact) mass is 284 g/mol. The smallest absolute Gasteiger partial charge is 0.169 e. The van der Waals surface area contributed by atoms with Gasteiger partial charge in [-0.25, -0.2) is 0 Å². The highest BCUT2D eigenvalue weighted by Crippen LogP contribution is 2.29. The van der Waals surface area contributed by atoms with Crippen molar-refractivity contribution in [1.29, 1.82) is 0 Å². The van der Waals surface area contributed by atoms with Gasteiger partial charge in [-0.05, 0) is 41.1 Å². The zero-order valence-corrected chi connectivity index (χ0v) is 11.7. The Bertz CT molecular complexity index is 391. The van der Waals surface area contributed by atoms with Crippen molar-refractivity contribution >= 4 is 21.7 Å². The normalized spacial score (nSPS) is 11.3. The summed E-state index contributed by atoms with van der Waals surface area (Å²) < 4.78 is 6.16. The van der Waals surface area contributed by atoms with Crippen LogP contribution in [0.3, 0.4) is 0 Å². The van der Waals surface area contributed by atoms with Crippen LogP contribution in [0, 0.1) is 5.41 Å². The van der Waals surface area contributed by atoms with Crippen LogP contribution in [0.2, 0.25) is 0 Å². The van der Waals surface area contributed by atoms with E-state index in [2.05, 4.69) is 15.9 Å². The van der Waals surface area contributed by atoms with E-state index in [1.165, 1.54) is 0 Å². The standard InChI is InChI=1S/C13H17BrO2/c1-5-16-9-6-7-10(11(14)8-9)12(15)13(2,3)4/h6-8H,5H2,1-4H3. The second kappa shape index (κ2) is 5.00. The molecule has 0 amide bonds. The molecule has 1 aromatic carbocycles. The molecule has 1 aromatic rings. The zero-order valence-electron chi connectivity index (χ0n) is 10.1. The summed E-state index contributed by atoms with van der Waals surface area (Å²) in [5.41, 5.74) is 0.339. The number of rotatable bonds is 3. The fourth-order valence-corrected chi connectivity index (χ4v) is 1.88. The van der Waals surface area contributed by atoms with Gasteiger partial charge >= 0.3 is 0 Å². The Hall–Kier alpha value is -0.830. The van der Waals surface area contributed by atoms with Gasteiger partial charge < -0.3 is 4.74 Å². The molecule has 0 atom stereocenters. The first-order valence-electron chi connectivity index (χ1n) is 5.33. The molecule has 0 aliphatic carbocycles. The number of halogens is 1. The molecule has 88 valence electrons. The van der Waals surface area contributed by atoms with Crippen molar-refractivity contribution in [2.45, 2.75) is 27.7 Å². The predicted octanol–water partition coefficient (Wildman–Crippen LogP) is 4.08. The highest BCUT2D eigenvalue weighted by atomic mass is 79.9. The highest BCUT2D eigenvalue weighted by Gasteiger charge is 2.24. The van der Waals surface area contributed by atoms with Crippen molar-refractivity contribution < 1.29 is 9.53 Å². The molecule has 0 aromatic heterocycles. The Morgan fingerprint density at radius 2 is 2.00 bits per heavy atom. The highest BCUT2D eigenvalue weighted by molar-refractivity contribution is 9.10. The summed E-state index contributed by atoms with van der Waals surface area (Å²) in [6, 6.07) is 5.47. The molecule has 0 aliphatic rings. The molecule has 0 saturated heterocycles. The van der Waals surface area contributed by atoms with E-state index < -0.39 is 0 Å². The van der Waals surface area contributed by atoms with E-state index in [4.69, 9.17) is 4.74 Å². The van der Waals surface area contributed by atoms with Gasteiger partial charge in [-0.15, -0.1) is 0 Å². The Kier molecular flexibility index (Phi) is 4.14. The lowest BCUT2D eigenvalue weighted by Crippen LogP contribution is -2.20. The predicted molar refractivity (Wildman–Crippen MR) is 69.1 cm³/mol. The van der Waals surface area contributed by atoms with Gasteiger partial charge in [0.25, 0.3) is 0 Å². The average Bonchev–Trinajstić information content (AvgIpc) is 2.16. The van der Waals surface area contributed by atoms with Crippen molar-refractivity contribution in [1.82, 2.24) is 0 Å². The van der Waals surface area contributed by atoms with Gasteiger partial charge in [-0.3, -0.25) is 4.79 Å². The lowest BCUT2D eigenvalue weighted by Gasteiger charge is -2.18. The topological polar surface area (TPSA) is 26.3 Å². The number of ether oxygens (including phenoxy) is 1. The molecule has 1 rings (SSSR count). The first-order valence-corrected chi connectivity index (χ1v) is 6.12. The molecule has 0 aliphatic heterocycles. The van der Waals surface area contributed by atoms with E-state index in [1.807, 2.05) is 45.9 Å². The van der Waals surface area contributed by atoms with Gasteiger partial charge in [-0.1, -0.05) is 20.8 Å². The Labute approximate surface area is 105 Å². The van der Waals surface area contributed by atoms with E-state index in [0.29, 0.717) is 12.2 Å². The Morgan fingerprint density at radius 1 is 1.38 bits per heavy atom. The van der Waals surface area contributed by atoms with E-state index in [1.54, 1.807) is 0 Å². The van der Waals surface area contributed by atoms with E-state index in [0.717, 1.165) is 10.2 Å². The van der Waals surface area contributed by atoms with Crippen LogP contribution in [0.1, 0.15) is 38.1 Å². The Balaban J connectivity index is 3.04. The van der Waals surface area contributed by atoms with Gasteiger partial charge in [0.1, 0.15) is 5.75 Å². The molecule has 0 spiro atoms. The quantitative estimate of drug-likeness (QED) is 0.782. The van der Waals surface area contributed by atoms with E-state index in [-0.39, 0.29) is 11.2 Å². The molecule has 16 heavy (non-hydrogen) atoms. The maximum Gasteiger partial charge on any atom is 0.169 e. The molecule has 0 radical (unpaired) electrons. The van der Waals surface area contributed by atoms with Crippen LogP contribution in [-0.2, 0) is 0 Å². The van der Waals surface area contributed by atoms with Crippen LogP contribution in [0.15, 0.2) is 22.7 Å². The number of carbonyl (C=O) groups excluding carboxylic acids is 1. The fraction of sp³-hybridized carbons (Fsp3) is 0.462.